The SMILES string of the molecule is CC=CCSc1cccc(SCC=CC)c1. The van der Waals surface area contributed by atoms with Crippen molar-refractivity contribution in [2.75, 3.05) is 11.5 Å². The van der Waals surface area contributed by atoms with Crippen molar-refractivity contribution in [2.24, 2.45) is 0 Å². The molecule has 0 atom stereocenters. The summed E-state index contributed by atoms with van der Waals surface area (Å²) >= 11 is 3.76. The van der Waals surface area contributed by atoms with Crippen LogP contribution in [0.3, 0.4) is 0 Å². The van der Waals surface area contributed by atoms with Crippen LogP contribution in [0.5, 0.6) is 0 Å². The molecule has 0 aliphatic carbocycles. The number of benzene rings is 1. The predicted octanol–water partition coefficient (Wildman–Crippen LogP) is 5.02. The number of hydrogen-bond acceptors (Lipinski definition) is 2. The van der Waals surface area contributed by atoms with E-state index in [4.69, 9.17) is 0 Å². The Kier molecular flexibility index (Phi) is 7.19. The molecule has 0 unspecified atom stereocenters. The van der Waals surface area contributed by atoms with Gasteiger partial charge in [-0.05, 0) is 32.0 Å². The first-order valence-corrected chi connectivity index (χ1v) is 7.42. The van der Waals surface area contributed by atoms with Crippen LogP contribution in [-0.4, -0.2) is 11.5 Å². The zero-order valence-corrected chi connectivity index (χ0v) is 11.5. The van der Waals surface area contributed by atoms with Crippen LogP contribution in [0.25, 0.3) is 0 Å². The highest BCUT2D eigenvalue weighted by atomic mass is 32.2. The minimum Gasteiger partial charge on any atom is -0.122 e. The zero-order valence-electron chi connectivity index (χ0n) is 9.85. The van der Waals surface area contributed by atoms with Crippen molar-refractivity contribution in [3.8, 4) is 0 Å². The van der Waals surface area contributed by atoms with Crippen LogP contribution in [0.15, 0.2) is 58.4 Å². The molecule has 0 saturated heterocycles. The Morgan fingerprint density at radius 2 is 1.44 bits per heavy atom. The molecule has 16 heavy (non-hydrogen) atoms. The third-order valence-electron chi connectivity index (χ3n) is 1.97. The second-order valence-corrected chi connectivity index (χ2v) is 5.42. The van der Waals surface area contributed by atoms with Gasteiger partial charge in [-0.25, -0.2) is 0 Å². The van der Waals surface area contributed by atoms with Crippen molar-refractivity contribution in [3.63, 3.8) is 0 Å². The van der Waals surface area contributed by atoms with E-state index in [9.17, 15) is 0 Å². The predicted molar refractivity (Wildman–Crippen MR) is 77.5 cm³/mol. The van der Waals surface area contributed by atoms with E-state index in [2.05, 4.69) is 62.4 Å². The third-order valence-corrected chi connectivity index (χ3v) is 3.86. The van der Waals surface area contributed by atoms with E-state index < -0.39 is 0 Å². The first kappa shape index (κ1) is 13.5. The van der Waals surface area contributed by atoms with Gasteiger partial charge < -0.3 is 0 Å². The molecule has 0 amide bonds. The van der Waals surface area contributed by atoms with Crippen molar-refractivity contribution in [1.82, 2.24) is 0 Å². The summed E-state index contributed by atoms with van der Waals surface area (Å²) in [5, 5.41) is 0. The molecule has 86 valence electrons. The summed E-state index contributed by atoms with van der Waals surface area (Å²) in [6.07, 6.45) is 8.56. The van der Waals surface area contributed by atoms with Crippen molar-refractivity contribution in [1.29, 1.82) is 0 Å². The van der Waals surface area contributed by atoms with Crippen molar-refractivity contribution < 1.29 is 0 Å². The standard InChI is InChI=1S/C14H18S2/c1-3-5-10-15-13-8-7-9-14(12-13)16-11-6-4-2/h3-9,12H,10-11H2,1-2H3. The van der Waals surface area contributed by atoms with Crippen LogP contribution in [0.4, 0.5) is 0 Å². The average molecular weight is 250 g/mol. The Balaban J connectivity index is 2.49. The van der Waals surface area contributed by atoms with Gasteiger partial charge >= 0.3 is 0 Å². The highest BCUT2D eigenvalue weighted by molar-refractivity contribution is 8.00. The van der Waals surface area contributed by atoms with Gasteiger partial charge in [0, 0.05) is 21.3 Å². The smallest absolute Gasteiger partial charge is 0.0160 e. The topological polar surface area (TPSA) is 0 Å². The molecule has 0 aliphatic rings. The molecule has 0 nitrogen and oxygen atoms in total. The van der Waals surface area contributed by atoms with E-state index in [1.54, 1.807) is 0 Å². The average Bonchev–Trinajstić information content (AvgIpc) is 2.30. The largest absolute Gasteiger partial charge is 0.122 e. The van der Waals surface area contributed by atoms with Gasteiger partial charge in [0.15, 0.2) is 0 Å². The molecule has 0 aromatic heterocycles. The molecule has 1 aromatic rings. The number of hydrogen-bond donors (Lipinski definition) is 0. The summed E-state index contributed by atoms with van der Waals surface area (Å²) in [7, 11) is 0. The van der Waals surface area contributed by atoms with Gasteiger partial charge in [0.1, 0.15) is 0 Å². The molecule has 1 rings (SSSR count). The molecule has 0 saturated carbocycles. The lowest BCUT2D eigenvalue weighted by molar-refractivity contribution is 1.33. The van der Waals surface area contributed by atoms with E-state index in [0.717, 1.165) is 11.5 Å². The van der Waals surface area contributed by atoms with Gasteiger partial charge in [0.25, 0.3) is 0 Å². The van der Waals surface area contributed by atoms with Gasteiger partial charge in [-0.3, -0.25) is 0 Å². The molecule has 0 fully saturated rings. The Hall–Kier alpha value is -0.600. The van der Waals surface area contributed by atoms with E-state index >= 15 is 0 Å². The second kappa shape index (κ2) is 8.54. The highest BCUT2D eigenvalue weighted by Gasteiger charge is 1.95. The normalized spacial score (nSPS) is 11.6. The molecule has 1 aromatic carbocycles. The van der Waals surface area contributed by atoms with E-state index in [1.807, 2.05) is 23.5 Å². The first-order valence-electron chi connectivity index (χ1n) is 5.44. The summed E-state index contributed by atoms with van der Waals surface area (Å²) in [5.41, 5.74) is 0. The maximum Gasteiger partial charge on any atom is 0.0160 e. The van der Waals surface area contributed by atoms with Gasteiger partial charge in [-0.1, -0.05) is 30.4 Å². The first-order chi connectivity index (χ1) is 7.86. The minimum absolute atomic E-state index is 1.06. The molecular weight excluding hydrogens is 232 g/mol. The molecule has 0 heterocycles. The van der Waals surface area contributed by atoms with Crippen LogP contribution in [0.2, 0.25) is 0 Å². The number of rotatable bonds is 6. The van der Waals surface area contributed by atoms with Crippen LogP contribution in [-0.2, 0) is 0 Å². The van der Waals surface area contributed by atoms with E-state index in [0.29, 0.717) is 0 Å². The fourth-order valence-corrected chi connectivity index (χ4v) is 2.94. The lowest BCUT2D eigenvalue weighted by atomic mass is 10.4. The molecular formula is C14H18S2. The molecule has 0 bridgehead atoms. The number of thioether (sulfide) groups is 2. The van der Waals surface area contributed by atoms with Crippen molar-refractivity contribution in [2.45, 2.75) is 23.6 Å². The van der Waals surface area contributed by atoms with Crippen molar-refractivity contribution >= 4 is 23.5 Å². The lowest BCUT2D eigenvalue weighted by Crippen LogP contribution is -1.77. The van der Waals surface area contributed by atoms with E-state index in [1.165, 1.54) is 9.79 Å². The fraction of sp³-hybridized carbons (Fsp3) is 0.286. The lowest BCUT2D eigenvalue weighted by Gasteiger charge is -2.02. The highest BCUT2D eigenvalue weighted by Crippen LogP contribution is 2.25. The minimum atomic E-state index is 1.06. The van der Waals surface area contributed by atoms with Gasteiger partial charge in [0.05, 0.1) is 0 Å². The monoisotopic (exact) mass is 250 g/mol. The maximum absolute atomic E-state index is 2.27. The summed E-state index contributed by atoms with van der Waals surface area (Å²) in [6, 6.07) is 8.75. The number of allylic oxidation sites excluding steroid dienone is 2. The van der Waals surface area contributed by atoms with Crippen LogP contribution in [0, 0.1) is 0 Å². The molecule has 0 radical (unpaired) electrons. The van der Waals surface area contributed by atoms with Crippen LogP contribution < -0.4 is 0 Å². The second-order valence-electron chi connectivity index (χ2n) is 3.23. The Morgan fingerprint density at radius 1 is 0.938 bits per heavy atom. The van der Waals surface area contributed by atoms with E-state index in [-0.39, 0.29) is 0 Å². The third kappa shape index (κ3) is 5.47. The maximum atomic E-state index is 2.27. The van der Waals surface area contributed by atoms with Gasteiger partial charge in [-0.15, -0.1) is 23.5 Å². The molecule has 0 aliphatic heterocycles. The fourth-order valence-electron chi connectivity index (χ4n) is 1.13. The summed E-state index contributed by atoms with van der Waals surface area (Å²) in [4.78, 5) is 2.70. The molecule has 2 heteroatoms. The van der Waals surface area contributed by atoms with Gasteiger partial charge in [0.2, 0.25) is 0 Å². The van der Waals surface area contributed by atoms with Crippen LogP contribution >= 0.6 is 23.5 Å². The molecule has 0 spiro atoms. The Bertz CT molecular complexity index is 322. The zero-order chi connectivity index (χ0) is 11.6. The quantitative estimate of drug-likeness (QED) is 0.513. The molecule has 0 N–H and O–H groups in total. The van der Waals surface area contributed by atoms with Crippen molar-refractivity contribution in [3.05, 3.63) is 48.6 Å². The van der Waals surface area contributed by atoms with Crippen LogP contribution in [0.1, 0.15) is 13.8 Å². The summed E-state index contributed by atoms with van der Waals surface area (Å²) in [6.45, 7) is 4.12. The Morgan fingerprint density at radius 3 is 1.88 bits per heavy atom. The summed E-state index contributed by atoms with van der Waals surface area (Å²) in [5.74, 6) is 2.11. The van der Waals surface area contributed by atoms with Gasteiger partial charge in [-0.2, -0.15) is 0 Å². The Labute approximate surface area is 107 Å². The summed E-state index contributed by atoms with van der Waals surface area (Å²) < 4.78 is 0.